The van der Waals surface area contributed by atoms with Gasteiger partial charge in [-0.2, -0.15) is 0 Å². The molecule has 2 bridgehead atoms. The molecule has 2 heteroatoms. The van der Waals surface area contributed by atoms with Crippen LogP contribution in [0.1, 0.15) is 30.4 Å². The largest absolute Gasteiger partial charge is 0.396 e. The lowest BCUT2D eigenvalue weighted by Crippen LogP contribution is -2.66. The van der Waals surface area contributed by atoms with E-state index in [0.717, 1.165) is 30.4 Å². The first-order chi connectivity index (χ1) is 7.11. The highest BCUT2D eigenvalue weighted by Gasteiger charge is 2.68. The van der Waals surface area contributed by atoms with Crippen molar-refractivity contribution in [1.82, 2.24) is 0 Å². The molecule has 3 saturated carbocycles. The van der Waals surface area contributed by atoms with Gasteiger partial charge in [0.25, 0.3) is 0 Å². The molecule has 1 aromatic carbocycles. The van der Waals surface area contributed by atoms with Gasteiger partial charge in [-0.05, 0) is 54.2 Å². The van der Waals surface area contributed by atoms with E-state index >= 15 is 0 Å². The van der Waals surface area contributed by atoms with E-state index in [2.05, 4.69) is 0 Å². The average Bonchev–Trinajstić information content (AvgIpc) is 2.08. The predicted octanol–water partition coefficient (Wildman–Crippen LogP) is 2.55. The van der Waals surface area contributed by atoms with Gasteiger partial charge in [-0.1, -0.05) is 12.1 Å². The zero-order valence-electron chi connectivity index (χ0n) is 8.89. The van der Waals surface area contributed by atoms with Crippen LogP contribution < -0.4 is 0 Å². The van der Waals surface area contributed by atoms with Crippen molar-refractivity contribution in [2.75, 3.05) is 6.61 Å². The molecule has 1 aromatic rings. The third-order valence-corrected chi connectivity index (χ3v) is 4.31. The molecule has 3 aliphatic rings. The van der Waals surface area contributed by atoms with Crippen LogP contribution in [0.4, 0.5) is 4.39 Å². The van der Waals surface area contributed by atoms with Gasteiger partial charge in [0.05, 0.1) is 0 Å². The molecule has 80 valence electrons. The van der Waals surface area contributed by atoms with E-state index in [1.807, 2.05) is 13.0 Å². The first-order valence-corrected chi connectivity index (χ1v) is 5.47. The topological polar surface area (TPSA) is 20.2 Å². The third kappa shape index (κ3) is 1.01. The Kier molecular flexibility index (Phi) is 1.63. The molecule has 1 N–H and O–H groups in total. The van der Waals surface area contributed by atoms with Gasteiger partial charge < -0.3 is 5.11 Å². The van der Waals surface area contributed by atoms with E-state index in [1.165, 1.54) is 6.07 Å². The van der Waals surface area contributed by atoms with E-state index in [9.17, 15) is 9.50 Å². The Balaban J connectivity index is 1.94. The highest BCUT2D eigenvalue weighted by Crippen LogP contribution is 2.73. The van der Waals surface area contributed by atoms with Gasteiger partial charge in [-0.3, -0.25) is 0 Å². The standard InChI is InChI=1S/C13H15FO/c1-9-10(3-2-4-11(9)14)13-5-12(6-13,7-13)8-15/h2-4,15H,5-8H2,1H3. The van der Waals surface area contributed by atoms with E-state index < -0.39 is 0 Å². The number of halogens is 1. The highest BCUT2D eigenvalue weighted by atomic mass is 19.1. The molecule has 0 heterocycles. The fraction of sp³-hybridized carbons (Fsp3) is 0.538. The fourth-order valence-corrected chi connectivity index (χ4v) is 3.63. The summed E-state index contributed by atoms with van der Waals surface area (Å²) in [6, 6.07) is 5.36. The Hall–Kier alpha value is -0.890. The first-order valence-electron chi connectivity index (χ1n) is 5.47. The van der Waals surface area contributed by atoms with Crippen LogP contribution in [-0.4, -0.2) is 11.7 Å². The molecule has 1 nitrogen and oxygen atoms in total. The Labute approximate surface area is 88.9 Å². The Bertz CT molecular complexity index is 405. The van der Waals surface area contributed by atoms with Crippen molar-refractivity contribution in [3.63, 3.8) is 0 Å². The van der Waals surface area contributed by atoms with E-state index in [4.69, 9.17) is 0 Å². The summed E-state index contributed by atoms with van der Waals surface area (Å²) >= 11 is 0. The van der Waals surface area contributed by atoms with Crippen molar-refractivity contribution < 1.29 is 9.50 Å². The number of rotatable bonds is 2. The fourth-order valence-electron chi connectivity index (χ4n) is 3.63. The molecule has 0 aromatic heterocycles. The first kappa shape index (κ1) is 9.34. The quantitative estimate of drug-likeness (QED) is 0.788. The second kappa shape index (κ2) is 2.62. The molecule has 0 unspecified atom stereocenters. The minimum Gasteiger partial charge on any atom is -0.396 e. The van der Waals surface area contributed by atoms with Crippen molar-refractivity contribution >= 4 is 0 Å². The summed E-state index contributed by atoms with van der Waals surface area (Å²) in [6.45, 7) is 2.15. The molecule has 0 spiro atoms. The lowest BCUT2D eigenvalue weighted by atomic mass is 9.33. The van der Waals surface area contributed by atoms with Crippen LogP contribution in [0.25, 0.3) is 0 Å². The molecular formula is C13H15FO. The van der Waals surface area contributed by atoms with E-state index in [-0.39, 0.29) is 16.6 Å². The predicted molar refractivity (Wildman–Crippen MR) is 56.2 cm³/mol. The van der Waals surface area contributed by atoms with Gasteiger partial charge in [0.1, 0.15) is 5.82 Å². The smallest absolute Gasteiger partial charge is 0.126 e. The second-order valence-corrected chi connectivity index (χ2v) is 5.38. The summed E-state index contributed by atoms with van der Waals surface area (Å²) in [6.07, 6.45) is 3.13. The minimum absolute atomic E-state index is 0.102. The zero-order chi connectivity index (χ0) is 10.7. The van der Waals surface area contributed by atoms with Crippen molar-refractivity contribution in [2.45, 2.75) is 31.6 Å². The van der Waals surface area contributed by atoms with E-state index in [1.54, 1.807) is 6.07 Å². The number of aliphatic hydroxyl groups is 1. The van der Waals surface area contributed by atoms with E-state index in [0.29, 0.717) is 6.61 Å². The SMILES string of the molecule is Cc1c(F)cccc1C12CC(CO)(C1)C2. The molecule has 4 rings (SSSR count). The second-order valence-electron chi connectivity index (χ2n) is 5.38. The molecule has 15 heavy (non-hydrogen) atoms. The summed E-state index contributed by atoms with van der Waals surface area (Å²) in [5, 5.41) is 9.19. The van der Waals surface area contributed by atoms with Crippen molar-refractivity contribution in [2.24, 2.45) is 5.41 Å². The molecule has 3 aliphatic carbocycles. The van der Waals surface area contributed by atoms with Crippen molar-refractivity contribution in [3.05, 3.63) is 35.1 Å². The maximum atomic E-state index is 13.4. The lowest BCUT2D eigenvalue weighted by Gasteiger charge is -2.71. The minimum atomic E-state index is -0.102. The van der Waals surface area contributed by atoms with Gasteiger partial charge in [-0.25, -0.2) is 4.39 Å². The van der Waals surface area contributed by atoms with Crippen LogP contribution in [0.5, 0.6) is 0 Å². The van der Waals surface area contributed by atoms with Crippen LogP contribution in [0.2, 0.25) is 0 Å². The molecule has 3 fully saturated rings. The molecule has 0 aliphatic heterocycles. The normalized spacial score (nSPS) is 37.0. The van der Waals surface area contributed by atoms with Crippen molar-refractivity contribution in [3.8, 4) is 0 Å². The third-order valence-electron chi connectivity index (χ3n) is 4.31. The maximum Gasteiger partial charge on any atom is 0.126 e. The monoisotopic (exact) mass is 206 g/mol. The lowest BCUT2D eigenvalue weighted by molar-refractivity contribution is -0.168. The molecular weight excluding hydrogens is 191 g/mol. The van der Waals surface area contributed by atoms with Gasteiger partial charge in [0.15, 0.2) is 0 Å². The summed E-state index contributed by atoms with van der Waals surface area (Å²) in [7, 11) is 0. The van der Waals surface area contributed by atoms with Crippen LogP contribution in [0.15, 0.2) is 18.2 Å². The number of hydrogen-bond donors (Lipinski definition) is 1. The van der Waals surface area contributed by atoms with Crippen LogP contribution >= 0.6 is 0 Å². The van der Waals surface area contributed by atoms with Crippen LogP contribution in [0.3, 0.4) is 0 Å². The Morgan fingerprint density at radius 3 is 2.60 bits per heavy atom. The summed E-state index contributed by atoms with van der Waals surface area (Å²) < 4.78 is 13.4. The highest BCUT2D eigenvalue weighted by molar-refractivity contribution is 5.43. The van der Waals surface area contributed by atoms with Gasteiger partial charge >= 0.3 is 0 Å². The van der Waals surface area contributed by atoms with Crippen molar-refractivity contribution in [1.29, 1.82) is 0 Å². The number of hydrogen-bond acceptors (Lipinski definition) is 1. The number of benzene rings is 1. The number of aliphatic hydroxyl groups excluding tert-OH is 1. The summed E-state index contributed by atoms with van der Waals surface area (Å²) in [5.74, 6) is -0.102. The summed E-state index contributed by atoms with van der Waals surface area (Å²) in [4.78, 5) is 0. The maximum absolute atomic E-state index is 13.4. The zero-order valence-corrected chi connectivity index (χ0v) is 8.89. The van der Waals surface area contributed by atoms with Gasteiger partial charge in [0, 0.05) is 6.61 Å². The Morgan fingerprint density at radius 2 is 2.00 bits per heavy atom. The van der Waals surface area contributed by atoms with Crippen LogP contribution in [-0.2, 0) is 5.41 Å². The summed E-state index contributed by atoms with van der Waals surface area (Å²) in [5.41, 5.74) is 2.36. The van der Waals surface area contributed by atoms with Gasteiger partial charge in [-0.15, -0.1) is 0 Å². The van der Waals surface area contributed by atoms with Crippen LogP contribution in [0, 0.1) is 18.2 Å². The Morgan fingerprint density at radius 1 is 1.33 bits per heavy atom. The van der Waals surface area contributed by atoms with Gasteiger partial charge in [0.2, 0.25) is 0 Å². The molecule has 0 amide bonds. The molecule has 0 saturated heterocycles. The average molecular weight is 206 g/mol. The molecule has 0 atom stereocenters. The molecule has 0 radical (unpaired) electrons.